The first-order valence-electron chi connectivity index (χ1n) is 12.3. The number of anilines is 2. The lowest BCUT2D eigenvalue weighted by atomic mass is 10.0. The molecule has 2 aromatic rings. The minimum absolute atomic E-state index is 0.345. The van der Waals surface area contributed by atoms with Gasteiger partial charge in [-0.15, -0.1) is 0 Å². The van der Waals surface area contributed by atoms with Crippen molar-refractivity contribution in [3.63, 3.8) is 0 Å². The largest absolute Gasteiger partial charge is 0.481 e. The molecule has 0 aliphatic heterocycles. The molecule has 3 heteroatoms. The van der Waals surface area contributed by atoms with Gasteiger partial charge in [-0.2, -0.15) is 0 Å². The van der Waals surface area contributed by atoms with E-state index in [1.54, 1.807) is 0 Å². The van der Waals surface area contributed by atoms with Crippen molar-refractivity contribution in [1.82, 2.24) is 0 Å². The van der Waals surface area contributed by atoms with Crippen molar-refractivity contribution in [1.29, 1.82) is 0 Å². The molecule has 0 aliphatic carbocycles. The maximum atomic E-state index is 10.3. The SMILES string of the molecule is CCCCCCCCCCCCCCCC(=O)O.c1ccc(Nc2ccccc2)cc1. The Balaban J connectivity index is 0.000000323. The van der Waals surface area contributed by atoms with E-state index >= 15 is 0 Å². The fourth-order valence-corrected chi connectivity index (χ4v) is 3.50. The van der Waals surface area contributed by atoms with E-state index in [-0.39, 0.29) is 0 Å². The Hall–Kier alpha value is -2.29. The molecule has 0 radical (unpaired) electrons. The lowest BCUT2D eigenvalue weighted by molar-refractivity contribution is -0.137. The van der Waals surface area contributed by atoms with Crippen LogP contribution in [0.3, 0.4) is 0 Å². The second kappa shape index (κ2) is 19.7. The zero-order valence-electron chi connectivity index (χ0n) is 19.5. The molecule has 31 heavy (non-hydrogen) atoms. The first kappa shape index (κ1) is 26.7. The number of hydrogen-bond acceptors (Lipinski definition) is 2. The van der Waals surface area contributed by atoms with E-state index in [2.05, 4.69) is 12.2 Å². The number of unbranched alkanes of at least 4 members (excludes halogenated alkanes) is 12. The van der Waals surface area contributed by atoms with Crippen LogP contribution in [0.5, 0.6) is 0 Å². The van der Waals surface area contributed by atoms with Crippen LogP contribution in [-0.2, 0) is 4.79 Å². The zero-order chi connectivity index (χ0) is 22.4. The van der Waals surface area contributed by atoms with Gasteiger partial charge in [0.15, 0.2) is 0 Å². The summed E-state index contributed by atoms with van der Waals surface area (Å²) in [5, 5.41) is 11.8. The summed E-state index contributed by atoms with van der Waals surface area (Å²) in [7, 11) is 0. The molecule has 0 unspecified atom stereocenters. The van der Waals surface area contributed by atoms with Gasteiger partial charge in [0.1, 0.15) is 0 Å². The lowest BCUT2D eigenvalue weighted by Gasteiger charge is -2.04. The summed E-state index contributed by atoms with van der Waals surface area (Å²) >= 11 is 0. The van der Waals surface area contributed by atoms with Crippen molar-refractivity contribution in [2.45, 2.75) is 96.8 Å². The first-order valence-corrected chi connectivity index (χ1v) is 12.3. The van der Waals surface area contributed by atoms with Gasteiger partial charge in [0.25, 0.3) is 0 Å². The fraction of sp³-hybridized carbons (Fsp3) is 0.536. The second-order valence-electron chi connectivity index (χ2n) is 8.24. The van der Waals surface area contributed by atoms with E-state index in [1.165, 1.54) is 70.6 Å². The molecule has 2 N–H and O–H groups in total. The average molecular weight is 426 g/mol. The molecule has 3 nitrogen and oxygen atoms in total. The highest BCUT2D eigenvalue weighted by atomic mass is 16.4. The number of hydrogen-bond donors (Lipinski definition) is 2. The highest BCUT2D eigenvalue weighted by Gasteiger charge is 1.97. The van der Waals surface area contributed by atoms with E-state index in [0.29, 0.717) is 6.42 Å². The van der Waals surface area contributed by atoms with E-state index in [0.717, 1.165) is 24.2 Å². The van der Waals surface area contributed by atoms with Crippen LogP contribution in [0, 0.1) is 0 Å². The molecule has 0 bridgehead atoms. The second-order valence-corrected chi connectivity index (χ2v) is 8.24. The molecule has 0 atom stereocenters. The van der Waals surface area contributed by atoms with Crippen LogP contribution >= 0.6 is 0 Å². The number of rotatable bonds is 16. The summed E-state index contributed by atoms with van der Waals surface area (Å²) in [6.45, 7) is 2.26. The Morgan fingerprint density at radius 2 is 0.968 bits per heavy atom. The van der Waals surface area contributed by atoms with E-state index in [4.69, 9.17) is 5.11 Å². The number of aliphatic carboxylic acids is 1. The first-order chi connectivity index (χ1) is 15.2. The number of benzene rings is 2. The maximum Gasteiger partial charge on any atom is 0.303 e. The van der Waals surface area contributed by atoms with Crippen LogP contribution in [0.2, 0.25) is 0 Å². The van der Waals surface area contributed by atoms with Gasteiger partial charge in [0.05, 0.1) is 0 Å². The van der Waals surface area contributed by atoms with Crippen molar-refractivity contribution in [3.8, 4) is 0 Å². The smallest absolute Gasteiger partial charge is 0.303 e. The van der Waals surface area contributed by atoms with Gasteiger partial charge in [-0.05, 0) is 30.7 Å². The Kier molecular flexibility index (Phi) is 17.0. The third kappa shape index (κ3) is 17.1. The Morgan fingerprint density at radius 1 is 0.613 bits per heavy atom. The third-order valence-corrected chi connectivity index (χ3v) is 5.33. The van der Waals surface area contributed by atoms with Crippen LogP contribution in [-0.4, -0.2) is 11.1 Å². The molecule has 0 fully saturated rings. The number of nitrogens with one attached hydrogen (secondary N) is 1. The number of carboxylic acids is 1. The van der Waals surface area contributed by atoms with Gasteiger partial charge in [-0.1, -0.05) is 120 Å². The standard InChI is InChI=1S/C16H32O2.C12H11N/c1-2-3-4-5-6-7-8-9-10-11-12-13-14-15-16(17)18;1-3-7-11(8-4-1)13-12-9-5-2-6-10-12/h2-15H2,1H3,(H,17,18);1-10,13H. The van der Waals surface area contributed by atoms with Gasteiger partial charge >= 0.3 is 5.97 Å². The molecule has 172 valence electrons. The molecule has 0 saturated carbocycles. The van der Waals surface area contributed by atoms with Crippen molar-refractivity contribution in [2.75, 3.05) is 5.32 Å². The fourth-order valence-electron chi connectivity index (χ4n) is 3.50. The van der Waals surface area contributed by atoms with Crippen molar-refractivity contribution in [3.05, 3.63) is 60.7 Å². The summed E-state index contributed by atoms with van der Waals surface area (Å²) < 4.78 is 0. The van der Waals surface area contributed by atoms with Crippen molar-refractivity contribution in [2.24, 2.45) is 0 Å². The molecule has 2 aromatic carbocycles. The quantitative estimate of drug-likeness (QED) is 0.264. The van der Waals surface area contributed by atoms with Gasteiger partial charge in [0.2, 0.25) is 0 Å². The van der Waals surface area contributed by atoms with Gasteiger partial charge < -0.3 is 10.4 Å². The van der Waals surface area contributed by atoms with Crippen LogP contribution in [0.4, 0.5) is 11.4 Å². The normalized spacial score (nSPS) is 10.2. The van der Waals surface area contributed by atoms with Gasteiger partial charge in [-0.3, -0.25) is 4.79 Å². The van der Waals surface area contributed by atoms with E-state index in [1.807, 2.05) is 60.7 Å². The molecule has 2 rings (SSSR count). The Labute approximate surface area is 190 Å². The summed E-state index contributed by atoms with van der Waals surface area (Å²) in [6, 6.07) is 20.3. The van der Waals surface area contributed by atoms with Crippen LogP contribution in [0.1, 0.15) is 96.8 Å². The number of carboxylic acid groups (broad SMARTS) is 1. The van der Waals surface area contributed by atoms with E-state index < -0.39 is 5.97 Å². The third-order valence-electron chi connectivity index (χ3n) is 5.33. The number of carbonyl (C=O) groups is 1. The summed E-state index contributed by atoms with van der Waals surface area (Å²) in [4.78, 5) is 10.3. The summed E-state index contributed by atoms with van der Waals surface area (Å²) in [6.07, 6.45) is 17.3. The van der Waals surface area contributed by atoms with Crippen LogP contribution in [0.15, 0.2) is 60.7 Å². The molecule has 0 spiro atoms. The minimum Gasteiger partial charge on any atom is -0.481 e. The summed E-state index contributed by atoms with van der Waals surface area (Å²) in [5.41, 5.74) is 2.24. The zero-order valence-corrected chi connectivity index (χ0v) is 19.5. The minimum atomic E-state index is -0.655. The predicted molar refractivity (Wildman–Crippen MR) is 134 cm³/mol. The highest BCUT2D eigenvalue weighted by molar-refractivity contribution is 5.66. The lowest BCUT2D eigenvalue weighted by Crippen LogP contribution is -1.93. The van der Waals surface area contributed by atoms with Gasteiger partial charge in [0, 0.05) is 17.8 Å². The number of para-hydroxylation sites is 2. The van der Waals surface area contributed by atoms with Crippen molar-refractivity contribution >= 4 is 17.3 Å². The van der Waals surface area contributed by atoms with Crippen LogP contribution in [0.25, 0.3) is 0 Å². The molecule has 0 aliphatic rings. The Morgan fingerprint density at radius 3 is 1.32 bits per heavy atom. The topological polar surface area (TPSA) is 49.3 Å². The molecule has 0 aromatic heterocycles. The summed E-state index contributed by atoms with van der Waals surface area (Å²) in [5.74, 6) is -0.655. The van der Waals surface area contributed by atoms with E-state index in [9.17, 15) is 4.79 Å². The van der Waals surface area contributed by atoms with Crippen LogP contribution < -0.4 is 5.32 Å². The molecule has 0 amide bonds. The van der Waals surface area contributed by atoms with Gasteiger partial charge in [-0.25, -0.2) is 0 Å². The molecule has 0 saturated heterocycles. The molecular formula is C28H43NO2. The van der Waals surface area contributed by atoms with Crippen molar-refractivity contribution < 1.29 is 9.90 Å². The Bertz CT molecular complexity index is 605. The predicted octanol–water partition coefficient (Wildman–Crippen LogP) is 8.98. The highest BCUT2D eigenvalue weighted by Crippen LogP contribution is 2.15. The maximum absolute atomic E-state index is 10.3. The monoisotopic (exact) mass is 425 g/mol. The molecular weight excluding hydrogens is 382 g/mol. The molecule has 0 heterocycles. The average Bonchev–Trinajstić information content (AvgIpc) is 2.79.